The summed E-state index contributed by atoms with van der Waals surface area (Å²) in [6.45, 7) is 14.2. The van der Waals surface area contributed by atoms with E-state index in [0.29, 0.717) is 25.2 Å². The van der Waals surface area contributed by atoms with Crippen molar-refractivity contribution in [1.29, 1.82) is 0 Å². The van der Waals surface area contributed by atoms with Crippen molar-refractivity contribution in [3.8, 4) is 11.1 Å². The molecule has 1 aliphatic heterocycles. The van der Waals surface area contributed by atoms with Gasteiger partial charge in [-0.3, -0.25) is 19.1 Å². The van der Waals surface area contributed by atoms with Gasteiger partial charge in [0.1, 0.15) is 29.4 Å². The first-order chi connectivity index (χ1) is 24.2. The van der Waals surface area contributed by atoms with Crippen molar-refractivity contribution in [3.63, 3.8) is 0 Å². The number of amides is 3. The Bertz CT molecular complexity index is 1790. The van der Waals surface area contributed by atoms with Crippen LogP contribution in [0.2, 0.25) is 0 Å². The number of rotatable bonds is 15. The zero-order chi connectivity index (χ0) is 36.7. The second-order valence-corrected chi connectivity index (χ2v) is 17.3. The van der Waals surface area contributed by atoms with Crippen molar-refractivity contribution < 1.29 is 32.5 Å². The van der Waals surface area contributed by atoms with Gasteiger partial charge in [-0.2, -0.15) is 5.48 Å². The number of hydrogen-bond donors (Lipinski definition) is 3. The highest BCUT2D eigenvalue weighted by molar-refractivity contribution is 7.91. The van der Waals surface area contributed by atoms with Crippen molar-refractivity contribution in [2.75, 3.05) is 13.2 Å². The molecular formula is C38H49N5O7S. The zero-order valence-corrected chi connectivity index (χ0v) is 30.8. The lowest BCUT2D eigenvalue weighted by molar-refractivity contribution is -0.146. The van der Waals surface area contributed by atoms with Crippen LogP contribution in [0.3, 0.4) is 0 Å². The Morgan fingerprint density at radius 3 is 2.20 bits per heavy atom. The summed E-state index contributed by atoms with van der Waals surface area (Å²) in [5, 5.41) is 6.83. The Morgan fingerprint density at radius 2 is 1.67 bits per heavy atom. The van der Waals surface area contributed by atoms with Gasteiger partial charge in [-0.1, -0.05) is 94.4 Å². The largest absolute Gasteiger partial charge is 0.390 e. The van der Waals surface area contributed by atoms with Gasteiger partial charge < -0.3 is 19.9 Å². The predicted molar refractivity (Wildman–Crippen MR) is 194 cm³/mol. The highest BCUT2D eigenvalue weighted by Gasteiger charge is 2.62. The molecule has 1 saturated heterocycles. The number of benzene rings is 2. The summed E-state index contributed by atoms with van der Waals surface area (Å²) in [5.74, 6) is -2.41. The van der Waals surface area contributed by atoms with Crippen molar-refractivity contribution in [1.82, 2.24) is 20.4 Å². The van der Waals surface area contributed by atoms with Crippen molar-refractivity contribution in [2.45, 2.75) is 95.7 Å². The highest BCUT2D eigenvalue weighted by atomic mass is 32.2. The molecule has 4 aliphatic rings. The minimum Gasteiger partial charge on any atom is -0.390 e. The molecule has 3 fully saturated rings. The first kappa shape index (κ1) is 36.7. The fourth-order valence-electron chi connectivity index (χ4n) is 6.68. The van der Waals surface area contributed by atoms with Crippen LogP contribution in [-0.4, -0.2) is 78.9 Å². The van der Waals surface area contributed by atoms with Gasteiger partial charge in [-0.25, -0.2) is 8.42 Å². The van der Waals surface area contributed by atoms with Gasteiger partial charge in [0, 0.05) is 23.5 Å². The molecule has 3 aliphatic carbocycles. The zero-order valence-electron chi connectivity index (χ0n) is 30.0. The first-order valence-electron chi connectivity index (χ1n) is 17.8. The Kier molecular flexibility index (Phi) is 10.2. The molecule has 2 aromatic carbocycles. The smallest absolute Gasteiger partial charge is 0.259 e. The van der Waals surface area contributed by atoms with Crippen molar-refractivity contribution in [2.24, 2.45) is 22.4 Å². The average molecular weight is 720 g/mol. The van der Waals surface area contributed by atoms with Crippen LogP contribution in [0.1, 0.15) is 77.8 Å². The fourth-order valence-corrected chi connectivity index (χ4v) is 8.05. The molecule has 0 radical (unpaired) electrons. The number of carbonyl (C=O) groups excluding carboxylic acids is 3. The summed E-state index contributed by atoms with van der Waals surface area (Å²) in [5.41, 5.74) is 5.96. The van der Waals surface area contributed by atoms with Gasteiger partial charge in [0.25, 0.3) is 5.91 Å². The molecule has 12 nitrogen and oxygen atoms in total. The molecule has 3 amide bonds. The van der Waals surface area contributed by atoms with E-state index in [4.69, 9.17) is 9.68 Å². The van der Waals surface area contributed by atoms with E-state index < -0.39 is 56.7 Å². The lowest BCUT2D eigenvalue weighted by atomic mass is 9.92. The number of nitrogens with one attached hydrogen (secondary N) is 3. The maximum absolute atomic E-state index is 14.3. The lowest BCUT2D eigenvalue weighted by Crippen LogP contribution is -2.58. The number of fused-ring (bicyclic) bond motifs is 3. The fraction of sp³-hybridized carbons (Fsp3) is 0.526. The quantitative estimate of drug-likeness (QED) is 0.157. The third-order valence-electron chi connectivity index (χ3n) is 10.6. The van der Waals surface area contributed by atoms with E-state index in [-0.39, 0.29) is 36.6 Å². The number of nitrogens with zero attached hydrogens (tertiary/aromatic N) is 2. The van der Waals surface area contributed by atoms with Crippen LogP contribution >= 0.6 is 0 Å². The molecule has 0 unspecified atom stereocenters. The number of hydroxylamine groups is 1. The first-order valence-corrected chi connectivity index (χ1v) is 19.4. The monoisotopic (exact) mass is 719 g/mol. The predicted octanol–water partition coefficient (Wildman–Crippen LogP) is 4.06. The summed E-state index contributed by atoms with van der Waals surface area (Å²) in [6.07, 6.45) is 3.02. The lowest BCUT2D eigenvalue weighted by Gasteiger charge is -2.32. The second kappa shape index (κ2) is 14.2. The number of hydrogen-bond acceptors (Lipinski definition) is 9. The van der Waals surface area contributed by atoms with E-state index in [9.17, 15) is 22.8 Å². The molecule has 6 rings (SSSR count). The Morgan fingerprint density at radius 1 is 1.06 bits per heavy atom. The molecule has 0 spiro atoms. The van der Waals surface area contributed by atoms with Crippen LogP contribution in [0.4, 0.5) is 0 Å². The SMILES string of the molecule is C=C[C@@H]1C[C@@]1(NC(=O)[C@@H]1C[C@@H](ON=C2c3ccccc3-c3ccccc32)CN1C(=O)[C@H](NOCC(C)(C)CC)C(C)C)C(=O)NS(=O)(=O)C1CC1. The third kappa shape index (κ3) is 7.47. The normalized spacial score (nSPS) is 24.4. The maximum Gasteiger partial charge on any atom is 0.259 e. The molecule has 0 bridgehead atoms. The van der Waals surface area contributed by atoms with E-state index in [1.165, 1.54) is 11.0 Å². The molecule has 2 saturated carbocycles. The molecule has 1 heterocycles. The topological polar surface area (TPSA) is 156 Å². The van der Waals surface area contributed by atoms with Crippen LogP contribution in [0.5, 0.6) is 0 Å². The average Bonchev–Trinajstić information content (AvgIpc) is 4.01. The van der Waals surface area contributed by atoms with Gasteiger partial charge in [-0.05, 0) is 48.1 Å². The number of oxime groups is 1. The molecular weight excluding hydrogens is 671 g/mol. The number of carbonyl (C=O) groups is 3. The molecule has 3 N–H and O–H groups in total. The second-order valence-electron chi connectivity index (χ2n) is 15.3. The van der Waals surface area contributed by atoms with E-state index in [0.717, 1.165) is 28.7 Å². The van der Waals surface area contributed by atoms with E-state index >= 15 is 0 Å². The van der Waals surface area contributed by atoms with Crippen LogP contribution in [0.15, 0.2) is 66.3 Å². The molecule has 2 aromatic rings. The minimum atomic E-state index is -3.86. The van der Waals surface area contributed by atoms with E-state index in [2.05, 4.69) is 48.0 Å². The standard InChI is InChI=1S/C38H49N5O7S/c1-7-24-20-38(24,36(46)42-51(47,48)26-17-18-26)39-34(44)31-19-25(21-43(31)35(45)32(23(3)4)40-49-22-37(5,6)8-2)50-41-33-29-15-11-9-13-27(29)28-14-10-12-16-30(28)33/h7,9-16,23-26,31-32,40H,1,8,17-22H2,2-6H3,(H,39,44)(H,42,46)/t24-,25-,31+,32-,38+/m1/s1. The minimum absolute atomic E-state index is 0.0580. The van der Waals surface area contributed by atoms with Crippen molar-refractivity contribution >= 4 is 33.5 Å². The van der Waals surface area contributed by atoms with Gasteiger partial charge in [0.05, 0.1) is 18.4 Å². The summed E-state index contributed by atoms with van der Waals surface area (Å²) < 4.78 is 27.5. The summed E-state index contributed by atoms with van der Waals surface area (Å²) in [4.78, 5) is 55.4. The molecule has 13 heteroatoms. The van der Waals surface area contributed by atoms with Crippen LogP contribution in [0.25, 0.3) is 11.1 Å². The summed E-state index contributed by atoms with van der Waals surface area (Å²) >= 11 is 0. The maximum atomic E-state index is 14.3. The van der Waals surface area contributed by atoms with Gasteiger partial charge in [0.15, 0.2) is 0 Å². The molecule has 5 atom stereocenters. The Balaban J connectivity index is 1.25. The third-order valence-corrected chi connectivity index (χ3v) is 12.4. The molecule has 0 aromatic heterocycles. The van der Waals surface area contributed by atoms with Gasteiger partial charge in [-0.15, -0.1) is 6.58 Å². The van der Waals surface area contributed by atoms with Crippen LogP contribution in [0, 0.1) is 17.3 Å². The van der Waals surface area contributed by atoms with E-state index in [1.54, 1.807) is 0 Å². The van der Waals surface area contributed by atoms with E-state index in [1.807, 2.05) is 62.4 Å². The number of likely N-dealkylation sites (tertiary alicyclic amines) is 1. The van der Waals surface area contributed by atoms with Gasteiger partial charge >= 0.3 is 0 Å². The summed E-state index contributed by atoms with van der Waals surface area (Å²) in [6, 6.07) is 14.0. The Labute approximate surface area is 300 Å². The Hall–Kier alpha value is -4.07. The van der Waals surface area contributed by atoms with Crippen molar-refractivity contribution in [3.05, 3.63) is 72.3 Å². The van der Waals surface area contributed by atoms with Crippen LogP contribution < -0.4 is 15.5 Å². The number of sulfonamides is 1. The van der Waals surface area contributed by atoms with Crippen LogP contribution in [-0.2, 0) is 34.1 Å². The molecule has 51 heavy (non-hydrogen) atoms. The van der Waals surface area contributed by atoms with Gasteiger partial charge in [0.2, 0.25) is 21.8 Å². The summed E-state index contributed by atoms with van der Waals surface area (Å²) in [7, 11) is -3.86. The highest BCUT2D eigenvalue weighted by Crippen LogP contribution is 2.45. The molecule has 274 valence electrons.